The number of nitrogens with zero attached hydrogens (tertiary/aromatic N) is 2. The van der Waals surface area contributed by atoms with Crippen molar-refractivity contribution in [2.24, 2.45) is 0 Å². The van der Waals surface area contributed by atoms with E-state index in [1.807, 2.05) is 0 Å². The van der Waals surface area contributed by atoms with Gasteiger partial charge in [0.1, 0.15) is 0 Å². The number of aromatic nitrogens is 2. The molecule has 0 radical (unpaired) electrons. The Morgan fingerprint density at radius 2 is 2.22 bits per heavy atom. The summed E-state index contributed by atoms with van der Waals surface area (Å²) < 4.78 is 6.55. The third-order valence-electron chi connectivity index (χ3n) is 3.20. The molecule has 1 aliphatic rings. The fraction of sp³-hybridized carbons (Fsp3) is 0.583. The van der Waals surface area contributed by atoms with E-state index < -0.39 is 5.97 Å². The van der Waals surface area contributed by atoms with Crippen LogP contribution in [0.15, 0.2) is 11.0 Å². The van der Waals surface area contributed by atoms with Crippen molar-refractivity contribution in [3.8, 4) is 0 Å². The SMILES string of the molecule is CCn1cc(C(=O)O)c(C2CCOCC2)nc1=O. The van der Waals surface area contributed by atoms with Gasteiger partial charge in [-0.15, -0.1) is 0 Å². The van der Waals surface area contributed by atoms with Crippen LogP contribution in [0.3, 0.4) is 0 Å². The summed E-state index contributed by atoms with van der Waals surface area (Å²) in [6, 6.07) is 0. The van der Waals surface area contributed by atoms with Crippen LogP contribution < -0.4 is 5.69 Å². The summed E-state index contributed by atoms with van der Waals surface area (Å²) in [7, 11) is 0. The van der Waals surface area contributed by atoms with Crippen LogP contribution >= 0.6 is 0 Å². The van der Waals surface area contributed by atoms with Crippen LogP contribution in [0.4, 0.5) is 0 Å². The molecule has 6 nitrogen and oxygen atoms in total. The number of carboxylic acids is 1. The van der Waals surface area contributed by atoms with E-state index in [1.165, 1.54) is 10.8 Å². The Balaban J connectivity index is 2.47. The van der Waals surface area contributed by atoms with E-state index in [0.717, 1.165) is 0 Å². The fourth-order valence-corrected chi connectivity index (χ4v) is 2.18. The predicted octanol–water partition coefficient (Wildman–Crippen LogP) is 0.855. The average Bonchev–Trinajstić information content (AvgIpc) is 2.39. The molecule has 0 aliphatic carbocycles. The smallest absolute Gasteiger partial charge is 0.347 e. The van der Waals surface area contributed by atoms with Crippen LogP contribution in [-0.2, 0) is 11.3 Å². The summed E-state index contributed by atoms with van der Waals surface area (Å²) >= 11 is 0. The van der Waals surface area contributed by atoms with Crippen molar-refractivity contribution in [1.82, 2.24) is 9.55 Å². The Kier molecular flexibility index (Phi) is 3.76. The number of carboxylic acid groups (broad SMARTS) is 1. The summed E-state index contributed by atoms with van der Waals surface area (Å²) in [6.45, 7) is 3.37. The van der Waals surface area contributed by atoms with Crippen LogP contribution in [-0.4, -0.2) is 33.8 Å². The average molecular weight is 252 g/mol. The van der Waals surface area contributed by atoms with Crippen molar-refractivity contribution < 1.29 is 14.6 Å². The van der Waals surface area contributed by atoms with E-state index in [4.69, 9.17) is 4.74 Å². The van der Waals surface area contributed by atoms with Gasteiger partial charge < -0.3 is 9.84 Å². The third-order valence-corrected chi connectivity index (χ3v) is 3.20. The van der Waals surface area contributed by atoms with E-state index in [1.54, 1.807) is 6.92 Å². The maximum absolute atomic E-state index is 11.7. The van der Waals surface area contributed by atoms with Gasteiger partial charge >= 0.3 is 11.7 Å². The predicted molar refractivity (Wildman–Crippen MR) is 63.9 cm³/mol. The number of aryl methyl sites for hydroxylation is 1. The number of ether oxygens (including phenoxy) is 1. The molecule has 0 saturated carbocycles. The monoisotopic (exact) mass is 252 g/mol. The molecule has 1 saturated heterocycles. The minimum atomic E-state index is -1.04. The summed E-state index contributed by atoms with van der Waals surface area (Å²) in [5, 5.41) is 9.22. The molecule has 1 aliphatic heterocycles. The van der Waals surface area contributed by atoms with E-state index in [9.17, 15) is 14.7 Å². The van der Waals surface area contributed by atoms with Crippen LogP contribution in [0.2, 0.25) is 0 Å². The van der Waals surface area contributed by atoms with Gasteiger partial charge in [-0.25, -0.2) is 9.59 Å². The first-order valence-electron chi connectivity index (χ1n) is 6.06. The summed E-state index contributed by atoms with van der Waals surface area (Å²) in [4.78, 5) is 26.9. The lowest BCUT2D eigenvalue weighted by Gasteiger charge is -2.22. The van der Waals surface area contributed by atoms with Crippen molar-refractivity contribution in [3.05, 3.63) is 27.9 Å². The lowest BCUT2D eigenvalue weighted by molar-refractivity contribution is 0.0681. The number of hydrogen-bond donors (Lipinski definition) is 1. The minimum Gasteiger partial charge on any atom is -0.478 e. The lowest BCUT2D eigenvalue weighted by atomic mass is 9.93. The Bertz CT molecular complexity index is 503. The van der Waals surface area contributed by atoms with Crippen LogP contribution in [0.25, 0.3) is 0 Å². The van der Waals surface area contributed by atoms with Gasteiger partial charge in [0.15, 0.2) is 0 Å². The molecule has 6 heteroatoms. The maximum Gasteiger partial charge on any atom is 0.347 e. The van der Waals surface area contributed by atoms with E-state index in [-0.39, 0.29) is 17.2 Å². The first-order chi connectivity index (χ1) is 8.63. The van der Waals surface area contributed by atoms with Crippen molar-refractivity contribution in [3.63, 3.8) is 0 Å². The molecule has 18 heavy (non-hydrogen) atoms. The van der Waals surface area contributed by atoms with Crippen molar-refractivity contribution in [2.75, 3.05) is 13.2 Å². The van der Waals surface area contributed by atoms with Crippen LogP contribution in [0.1, 0.15) is 41.7 Å². The van der Waals surface area contributed by atoms with Gasteiger partial charge in [0.2, 0.25) is 0 Å². The van der Waals surface area contributed by atoms with Gasteiger partial charge in [-0.05, 0) is 19.8 Å². The zero-order valence-electron chi connectivity index (χ0n) is 10.3. The summed E-state index contributed by atoms with van der Waals surface area (Å²) in [5.41, 5.74) is 0.146. The quantitative estimate of drug-likeness (QED) is 0.862. The van der Waals surface area contributed by atoms with E-state index in [2.05, 4.69) is 4.98 Å². The molecule has 0 unspecified atom stereocenters. The molecule has 1 aromatic rings. The Morgan fingerprint density at radius 3 is 2.78 bits per heavy atom. The molecule has 0 aromatic carbocycles. The minimum absolute atomic E-state index is 0.00376. The van der Waals surface area contributed by atoms with Crippen molar-refractivity contribution >= 4 is 5.97 Å². The highest BCUT2D eigenvalue weighted by Gasteiger charge is 2.24. The molecule has 0 bridgehead atoms. The largest absolute Gasteiger partial charge is 0.478 e. The van der Waals surface area contributed by atoms with Gasteiger partial charge in [-0.1, -0.05) is 0 Å². The fourth-order valence-electron chi connectivity index (χ4n) is 2.18. The topological polar surface area (TPSA) is 81.4 Å². The standard InChI is InChI=1S/C12H16N2O4/c1-2-14-7-9(11(15)16)10(13-12(14)17)8-3-5-18-6-4-8/h7-8H,2-6H2,1H3,(H,15,16). The molecule has 0 atom stereocenters. The normalized spacial score (nSPS) is 16.7. The molecule has 98 valence electrons. The third kappa shape index (κ3) is 2.43. The maximum atomic E-state index is 11.7. The first-order valence-corrected chi connectivity index (χ1v) is 6.06. The second kappa shape index (κ2) is 5.30. The highest BCUT2D eigenvalue weighted by atomic mass is 16.5. The molecular weight excluding hydrogens is 236 g/mol. The van der Waals surface area contributed by atoms with Crippen molar-refractivity contribution in [1.29, 1.82) is 0 Å². The van der Waals surface area contributed by atoms with Gasteiger partial charge in [-0.3, -0.25) is 4.57 Å². The molecule has 0 amide bonds. The van der Waals surface area contributed by atoms with Gasteiger partial charge in [0.25, 0.3) is 0 Å². The van der Waals surface area contributed by atoms with Crippen LogP contribution in [0, 0.1) is 0 Å². The number of carbonyl (C=O) groups is 1. The molecule has 2 heterocycles. The molecule has 1 N–H and O–H groups in total. The van der Waals surface area contributed by atoms with Gasteiger partial charge in [0, 0.05) is 31.9 Å². The Labute approximate surface area is 104 Å². The first kappa shape index (κ1) is 12.8. The number of rotatable bonds is 3. The molecule has 2 rings (SSSR count). The molecular formula is C12H16N2O4. The Hall–Kier alpha value is -1.69. The zero-order valence-corrected chi connectivity index (χ0v) is 10.3. The van der Waals surface area contributed by atoms with Crippen LogP contribution in [0.5, 0.6) is 0 Å². The van der Waals surface area contributed by atoms with Crippen molar-refractivity contribution in [2.45, 2.75) is 32.2 Å². The Morgan fingerprint density at radius 1 is 1.56 bits per heavy atom. The highest BCUT2D eigenvalue weighted by Crippen LogP contribution is 2.27. The second-order valence-electron chi connectivity index (χ2n) is 4.30. The molecule has 0 spiro atoms. The number of hydrogen-bond acceptors (Lipinski definition) is 4. The lowest BCUT2D eigenvalue weighted by Crippen LogP contribution is -2.28. The molecule has 1 fully saturated rings. The molecule has 1 aromatic heterocycles. The summed E-state index contributed by atoms with van der Waals surface area (Å²) in [5.74, 6) is -1.03. The van der Waals surface area contributed by atoms with Gasteiger partial charge in [-0.2, -0.15) is 4.98 Å². The summed E-state index contributed by atoms with van der Waals surface area (Å²) in [6.07, 6.45) is 2.81. The zero-order chi connectivity index (χ0) is 13.1. The second-order valence-corrected chi connectivity index (χ2v) is 4.30. The van der Waals surface area contributed by atoms with E-state index in [0.29, 0.717) is 38.3 Å². The highest BCUT2D eigenvalue weighted by molar-refractivity contribution is 5.88. The van der Waals surface area contributed by atoms with E-state index >= 15 is 0 Å². The van der Waals surface area contributed by atoms with Gasteiger partial charge in [0.05, 0.1) is 11.3 Å². The number of aromatic carboxylic acids is 1.